The van der Waals surface area contributed by atoms with Gasteiger partial charge in [-0.25, -0.2) is 5.06 Å². The number of carbonyl (C=O) groups excluding carboxylic acids is 1. The van der Waals surface area contributed by atoms with E-state index < -0.39 is 0 Å². The number of carbonyl (C=O) groups is 1. The molecular weight excluding hydrogens is 180 g/mol. The third kappa shape index (κ3) is 2.45. The summed E-state index contributed by atoms with van der Waals surface area (Å²) in [5, 5.41) is 4.90. The number of nitrogens with zero attached hydrogens (tertiary/aromatic N) is 1. The van der Waals surface area contributed by atoms with Crippen LogP contribution in [0.5, 0.6) is 0 Å². The number of nitrogens with one attached hydrogen (secondary N) is 1. The fraction of sp³-hybridized carbons (Fsp3) is 0.900. The van der Waals surface area contributed by atoms with Gasteiger partial charge in [0.1, 0.15) is 0 Å². The quantitative estimate of drug-likeness (QED) is 0.704. The molecule has 0 aliphatic carbocycles. The van der Waals surface area contributed by atoms with Crippen LogP contribution in [0, 0.1) is 5.92 Å². The summed E-state index contributed by atoms with van der Waals surface area (Å²) in [6.45, 7) is 3.65. The number of hydroxylamine groups is 2. The molecule has 1 amide bonds. The highest BCUT2D eigenvalue weighted by Gasteiger charge is 2.23. The van der Waals surface area contributed by atoms with E-state index in [1.54, 1.807) is 5.06 Å². The Morgan fingerprint density at radius 2 is 2.21 bits per heavy atom. The van der Waals surface area contributed by atoms with Crippen LogP contribution in [0.1, 0.15) is 25.7 Å². The second-order valence-corrected chi connectivity index (χ2v) is 4.08. The minimum atomic E-state index is 0.162. The molecule has 0 spiro atoms. The van der Waals surface area contributed by atoms with Crippen molar-refractivity contribution >= 4 is 5.91 Å². The summed E-state index contributed by atoms with van der Waals surface area (Å²) in [6, 6.07) is 0. The smallest absolute Gasteiger partial charge is 0.246 e. The van der Waals surface area contributed by atoms with Gasteiger partial charge in [-0.3, -0.25) is 9.63 Å². The van der Waals surface area contributed by atoms with Gasteiger partial charge >= 0.3 is 0 Å². The van der Waals surface area contributed by atoms with E-state index >= 15 is 0 Å². The van der Waals surface area contributed by atoms with Gasteiger partial charge in [-0.15, -0.1) is 0 Å². The fourth-order valence-corrected chi connectivity index (χ4v) is 2.05. The van der Waals surface area contributed by atoms with Crippen molar-refractivity contribution in [2.75, 3.05) is 26.2 Å². The molecule has 0 bridgehead atoms. The molecule has 0 aromatic heterocycles. The van der Waals surface area contributed by atoms with Crippen LogP contribution in [0.2, 0.25) is 0 Å². The average Bonchev–Trinajstić information content (AvgIpc) is 2.23. The molecule has 4 heteroatoms. The van der Waals surface area contributed by atoms with Crippen LogP contribution in [0.15, 0.2) is 0 Å². The highest BCUT2D eigenvalue weighted by Crippen LogP contribution is 2.16. The largest absolute Gasteiger partial charge is 0.317 e. The lowest BCUT2D eigenvalue weighted by atomic mass is 9.98. The Hall–Kier alpha value is -0.610. The molecule has 0 aromatic carbocycles. The summed E-state index contributed by atoms with van der Waals surface area (Å²) in [4.78, 5) is 16.8. The maximum atomic E-state index is 11.5. The molecule has 1 N–H and O–H groups in total. The minimum absolute atomic E-state index is 0.162. The molecule has 2 aliphatic rings. The second-order valence-electron chi connectivity index (χ2n) is 4.08. The van der Waals surface area contributed by atoms with E-state index in [1.165, 1.54) is 0 Å². The SMILES string of the molecule is O=C1CCCON1CC1CCNCC1. The monoisotopic (exact) mass is 198 g/mol. The van der Waals surface area contributed by atoms with Gasteiger partial charge in [0, 0.05) is 6.42 Å². The summed E-state index contributed by atoms with van der Waals surface area (Å²) in [5.74, 6) is 0.785. The number of rotatable bonds is 2. The third-order valence-electron chi connectivity index (χ3n) is 2.94. The molecule has 2 fully saturated rings. The van der Waals surface area contributed by atoms with E-state index in [0.717, 1.165) is 38.9 Å². The Bertz CT molecular complexity index is 202. The first kappa shape index (κ1) is 9.93. The van der Waals surface area contributed by atoms with E-state index in [1.807, 2.05) is 0 Å². The molecule has 14 heavy (non-hydrogen) atoms. The van der Waals surface area contributed by atoms with E-state index in [-0.39, 0.29) is 5.91 Å². The summed E-state index contributed by atoms with van der Waals surface area (Å²) in [5.41, 5.74) is 0. The first-order valence-electron chi connectivity index (χ1n) is 5.50. The van der Waals surface area contributed by atoms with Gasteiger partial charge in [0.15, 0.2) is 0 Å². The maximum Gasteiger partial charge on any atom is 0.246 e. The standard InChI is InChI=1S/C10H18N2O2/c13-10-2-1-7-14-12(10)8-9-3-5-11-6-4-9/h9,11H,1-8H2. The lowest BCUT2D eigenvalue weighted by molar-refractivity contribution is -0.202. The zero-order valence-corrected chi connectivity index (χ0v) is 8.50. The molecule has 2 heterocycles. The molecule has 2 aliphatic heterocycles. The topological polar surface area (TPSA) is 41.6 Å². The van der Waals surface area contributed by atoms with Crippen molar-refractivity contribution in [3.05, 3.63) is 0 Å². The molecule has 4 nitrogen and oxygen atoms in total. The molecule has 0 aromatic rings. The average molecular weight is 198 g/mol. The van der Waals surface area contributed by atoms with Crippen LogP contribution in [-0.2, 0) is 9.63 Å². The van der Waals surface area contributed by atoms with Crippen LogP contribution < -0.4 is 5.32 Å². The van der Waals surface area contributed by atoms with Gasteiger partial charge < -0.3 is 5.32 Å². The zero-order chi connectivity index (χ0) is 9.80. The highest BCUT2D eigenvalue weighted by atomic mass is 16.7. The molecule has 80 valence electrons. The Labute approximate surface area is 84.6 Å². The molecule has 2 rings (SSSR count). The Kier molecular flexibility index (Phi) is 3.37. The number of amides is 1. The van der Waals surface area contributed by atoms with Crippen LogP contribution in [0.3, 0.4) is 0 Å². The normalized spacial score (nSPS) is 25.4. The highest BCUT2D eigenvalue weighted by molar-refractivity contribution is 5.75. The van der Waals surface area contributed by atoms with Crippen molar-refractivity contribution in [2.24, 2.45) is 5.92 Å². The number of hydrogen-bond acceptors (Lipinski definition) is 3. The van der Waals surface area contributed by atoms with Crippen LogP contribution in [-0.4, -0.2) is 37.2 Å². The van der Waals surface area contributed by atoms with Crippen molar-refractivity contribution in [2.45, 2.75) is 25.7 Å². The van der Waals surface area contributed by atoms with Gasteiger partial charge in [-0.1, -0.05) is 0 Å². The third-order valence-corrected chi connectivity index (χ3v) is 2.94. The van der Waals surface area contributed by atoms with Gasteiger partial charge in [-0.2, -0.15) is 0 Å². The molecule has 0 atom stereocenters. The molecule has 0 radical (unpaired) electrons. The van der Waals surface area contributed by atoms with Crippen molar-refractivity contribution in [3.63, 3.8) is 0 Å². The maximum absolute atomic E-state index is 11.5. The predicted octanol–water partition coefficient (Wildman–Crippen LogP) is 0.540. The van der Waals surface area contributed by atoms with E-state index in [4.69, 9.17) is 4.84 Å². The van der Waals surface area contributed by atoms with Crippen molar-refractivity contribution in [1.29, 1.82) is 0 Å². The number of hydrogen-bond donors (Lipinski definition) is 1. The van der Waals surface area contributed by atoms with Gasteiger partial charge in [0.2, 0.25) is 5.91 Å². The lowest BCUT2D eigenvalue weighted by Gasteiger charge is -2.31. The lowest BCUT2D eigenvalue weighted by Crippen LogP contribution is -2.41. The summed E-state index contributed by atoms with van der Waals surface area (Å²) in [7, 11) is 0. The molecule has 0 unspecified atom stereocenters. The van der Waals surface area contributed by atoms with E-state index in [2.05, 4.69) is 5.32 Å². The summed E-state index contributed by atoms with van der Waals surface area (Å²) in [6.07, 6.45) is 3.85. The minimum Gasteiger partial charge on any atom is -0.317 e. The fourth-order valence-electron chi connectivity index (χ4n) is 2.05. The van der Waals surface area contributed by atoms with E-state index in [9.17, 15) is 4.79 Å². The summed E-state index contributed by atoms with van der Waals surface area (Å²) >= 11 is 0. The van der Waals surface area contributed by atoms with Crippen molar-refractivity contribution < 1.29 is 9.63 Å². The van der Waals surface area contributed by atoms with Gasteiger partial charge in [-0.05, 0) is 38.3 Å². The van der Waals surface area contributed by atoms with Crippen LogP contribution in [0.25, 0.3) is 0 Å². The van der Waals surface area contributed by atoms with Crippen molar-refractivity contribution in [1.82, 2.24) is 10.4 Å². The van der Waals surface area contributed by atoms with Crippen LogP contribution >= 0.6 is 0 Å². The molecule has 0 saturated carbocycles. The molecular formula is C10H18N2O2. The zero-order valence-electron chi connectivity index (χ0n) is 8.50. The van der Waals surface area contributed by atoms with Crippen LogP contribution in [0.4, 0.5) is 0 Å². The first-order chi connectivity index (χ1) is 6.86. The second kappa shape index (κ2) is 4.75. The summed E-state index contributed by atoms with van der Waals surface area (Å²) < 4.78 is 0. The Morgan fingerprint density at radius 3 is 2.93 bits per heavy atom. The Balaban J connectivity index is 1.79. The van der Waals surface area contributed by atoms with Gasteiger partial charge in [0.25, 0.3) is 0 Å². The van der Waals surface area contributed by atoms with Gasteiger partial charge in [0.05, 0.1) is 13.2 Å². The van der Waals surface area contributed by atoms with Crippen molar-refractivity contribution in [3.8, 4) is 0 Å². The first-order valence-corrected chi connectivity index (χ1v) is 5.50. The molecule has 2 saturated heterocycles. The number of piperidine rings is 1. The van der Waals surface area contributed by atoms with E-state index in [0.29, 0.717) is 18.9 Å². The predicted molar refractivity (Wildman–Crippen MR) is 52.5 cm³/mol. The Morgan fingerprint density at radius 1 is 1.43 bits per heavy atom.